The van der Waals surface area contributed by atoms with Gasteiger partial charge in [0.2, 0.25) is 0 Å². The Kier molecular flexibility index (Phi) is 5.45. The number of esters is 2. The monoisotopic (exact) mass is 370 g/mol. The van der Waals surface area contributed by atoms with Gasteiger partial charge in [-0.2, -0.15) is 0 Å². The number of carbonyl (C=O) groups is 2. The third kappa shape index (κ3) is 3.67. The highest BCUT2D eigenvalue weighted by molar-refractivity contribution is 5.83. The van der Waals surface area contributed by atoms with E-state index in [1.165, 1.54) is 6.08 Å². The molecular weight excluding hydrogens is 340 g/mol. The molecule has 3 aliphatic rings. The van der Waals surface area contributed by atoms with Crippen molar-refractivity contribution < 1.29 is 19.1 Å². The molecule has 1 heterocycles. The van der Waals surface area contributed by atoms with Gasteiger partial charge < -0.3 is 9.47 Å². The fourth-order valence-electron chi connectivity index (χ4n) is 5.54. The third-order valence-corrected chi connectivity index (χ3v) is 6.45. The lowest BCUT2D eigenvalue weighted by molar-refractivity contribution is -0.163. The molecule has 0 bridgehead atoms. The predicted molar refractivity (Wildman–Crippen MR) is 105 cm³/mol. The Morgan fingerprint density at radius 2 is 1.93 bits per heavy atom. The maximum absolute atomic E-state index is 12.4. The summed E-state index contributed by atoms with van der Waals surface area (Å²) in [6.45, 7) is 8.89. The van der Waals surface area contributed by atoms with Crippen LogP contribution in [-0.4, -0.2) is 24.6 Å². The van der Waals surface area contributed by atoms with Crippen LogP contribution in [0.2, 0.25) is 0 Å². The van der Waals surface area contributed by atoms with Gasteiger partial charge in [0.15, 0.2) is 0 Å². The van der Waals surface area contributed by atoms with Gasteiger partial charge in [-0.1, -0.05) is 57.6 Å². The maximum atomic E-state index is 12.4. The SMILES string of the molecule is C/C=C/C=C/C=C/C(=O)O[C@@H]1C=C2COC(=O)[C@@H]2[C@@]2(C)CCCC(C)(C)[C@H]12. The molecule has 0 spiro atoms. The van der Waals surface area contributed by atoms with Gasteiger partial charge in [0.1, 0.15) is 12.7 Å². The van der Waals surface area contributed by atoms with Gasteiger partial charge >= 0.3 is 11.9 Å². The number of hydrogen-bond acceptors (Lipinski definition) is 4. The molecule has 4 nitrogen and oxygen atoms in total. The van der Waals surface area contributed by atoms with Crippen LogP contribution in [0.3, 0.4) is 0 Å². The summed E-state index contributed by atoms with van der Waals surface area (Å²) in [6, 6.07) is 0. The number of fused-ring (bicyclic) bond motifs is 3. The first-order chi connectivity index (χ1) is 12.8. The van der Waals surface area contributed by atoms with E-state index in [0.29, 0.717) is 6.61 Å². The minimum absolute atomic E-state index is 0.0155. The lowest BCUT2D eigenvalue weighted by atomic mass is 9.48. The number of hydrogen-bond donors (Lipinski definition) is 0. The van der Waals surface area contributed by atoms with Crippen molar-refractivity contribution >= 4 is 11.9 Å². The molecule has 3 rings (SSSR count). The lowest BCUT2D eigenvalue weighted by Gasteiger charge is -2.56. The molecule has 146 valence electrons. The number of ether oxygens (including phenoxy) is 2. The largest absolute Gasteiger partial charge is 0.461 e. The van der Waals surface area contributed by atoms with Crippen molar-refractivity contribution in [3.05, 3.63) is 48.1 Å². The zero-order valence-electron chi connectivity index (χ0n) is 16.7. The first-order valence-electron chi connectivity index (χ1n) is 9.83. The van der Waals surface area contributed by atoms with Crippen molar-refractivity contribution in [1.29, 1.82) is 0 Å². The van der Waals surface area contributed by atoms with E-state index in [1.807, 2.05) is 31.2 Å². The van der Waals surface area contributed by atoms with Crippen LogP contribution in [-0.2, 0) is 19.1 Å². The van der Waals surface area contributed by atoms with Crippen molar-refractivity contribution in [2.24, 2.45) is 22.7 Å². The van der Waals surface area contributed by atoms with E-state index < -0.39 is 0 Å². The molecule has 0 aromatic rings. The Labute approximate surface area is 162 Å². The van der Waals surface area contributed by atoms with Gasteiger partial charge in [0.25, 0.3) is 0 Å². The highest BCUT2D eigenvalue weighted by atomic mass is 16.5. The summed E-state index contributed by atoms with van der Waals surface area (Å²) < 4.78 is 11.3. The van der Waals surface area contributed by atoms with Gasteiger partial charge in [-0.3, -0.25) is 4.79 Å². The summed E-state index contributed by atoms with van der Waals surface area (Å²) in [5.41, 5.74) is 0.726. The molecule has 1 aliphatic heterocycles. The summed E-state index contributed by atoms with van der Waals surface area (Å²) in [7, 11) is 0. The molecule has 0 N–H and O–H groups in total. The molecular formula is C23H30O4. The van der Waals surface area contributed by atoms with Crippen molar-refractivity contribution in [1.82, 2.24) is 0 Å². The Hall–Kier alpha value is -2.10. The first-order valence-corrected chi connectivity index (χ1v) is 9.83. The Bertz CT molecular complexity index is 725. The van der Waals surface area contributed by atoms with E-state index in [1.54, 1.807) is 12.2 Å². The van der Waals surface area contributed by atoms with E-state index in [0.717, 1.165) is 24.8 Å². The Balaban J connectivity index is 1.87. The van der Waals surface area contributed by atoms with E-state index in [2.05, 4.69) is 20.8 Å². The highest BCUT2D eigenvalue weighted by Crippen LogP contribution is 2.61. The summed E-state index contributed by atoms with van der Waals surface area (Å²) in [5.74, 6) is -0.579. The number of allylic oxidation sites excluding steroid dienone is 5. The molecule has 27 heavy (non-hydrogen) atoms. The van der Waals surface area contributed by atoms with Crippen LogP contribution in [0.4, 0.5) is 0 Å². The number of cyclic esters (lactones) is 1. The molecule has 0 amide bonds. The molecule has 2 aliphatic carbocycles. The summed E-state index contributed by atoms with van der Waals surface area (Å²) >= 11 is 0. The molecule has 1 saturated carbocycles. The predicted octanol–water partition coefficient (Wildman–Crippen LogP) is 4.53. The van der Waals surface area contributed by atoms with Gasteiger partial charge in [-0.05, 0) is 42.2 Å². The Morgan fingerprint density at radius 3 is 2.67 bits per heavy atom. The molecule has 0 aromatic carbocycles. The quantitative estimate of drug-likeness (QED) is 0.316. The lowest BCUT2D eigenvalue weighted by Crippen LogP contribution is -2.55. The Morgan fingerprint density at radius 1 is 1.19 bits per heavy atom. The minimum atomic E-state index is -0.352. The fraction of sp³-hybridized carbons (Fsp3) is 0.565. The van der Waals surface area contributed by atoms with Crippen molar-refractivity contribution in [3.63, 3.8) is 0 Å². The third-order valence-electron chi connectivity index (χ3n) is 6.45. The highest BCUT2D eigenvalue weighted by Gasteiger charge is 2.61. The maximum Gasteiger partial charge on any atom is 0.331 e. The summed E-state index contributed by atoms with van der Waals surface area (Å²) in [6.07, 6.45) is 15.4. The van der Waals surface area contributed by atoms with Gasteiger partial charge in [0.05, 0.1) is 5.92 Å². The molecule has 4 heteroatoms. The van der Waals surface area contributed by atoms with Crippen molar-refractivity contribution in [2.45, 2.75) is 53.1 Å². The minimum Gasteiger partial charge on any atom is -0.461 e. The molecule has 2 fully saturated rings. The first kappa shape index (κ1) is 19.7. The standard InChI is InChI=1S/C23H30O4/c1-5-6-7-8-9-11-18(24)27-17-14-16-15-26-21(25)19(16)23(4)13-10-12-22(2,3)20(17)23/h5-9,11,14,17,19-20H,10,12-13,15H2,1-4H3/b6-5+,8-7+,11-9+/t17-,19-,20+,23-/m1/s1. The summed E-state index contributed by atoms with van der Waals surface area (Å²) in [4.78, 5) is 24.8. The average Bonchev–Trinajstić information content (AvgIpc) is 2.95. The van der Waals surface area contributed by atoms with Crippen LogP contribution in [0.1, 0.15) is 47.0 Å². The van der Waals surface area contributed by atoms with Crippen LogP contribution >= 0.6 is 0 Å². The van der Waals surface area contributed by atoms with Gasteiger partial charge in [-0.25, -0.2) is 4.79 Å². The van der Waals surface area contributed by atoms with Gasteiger partial charge in [-0.15, -0.1) is 0 Å². The smallest absolute Gasteiger partial charge is 0.331 e. The average molecular weight is 370 g/mol. The fourth-order valence-corrected chi connectivity index (χ4v) is 5.54. The van der Waals surface area contributed by atoms with Crippen LogP contribution in [0.5, 0.6) is 0 Å². The molecule has 1 saturated heterocycles. The van der Waals surface area contributed by atoms with E-state index in [-0.39, 0.29) is 40.7 Å². The normalized spacial score (nSPS) is 35.2. The second kappa shape index (κ2) is 7.49. The van der Waals surface area contributed by atoms with Crippen molar-refractivity contribution in [3.8, 4) is 0 Å². The molecule has 0 radical (unpaired) electrons. The van der Waals surface area contributed by atoms with Crippen LogP contribution in [0, 0.1) is 22.7 Å². The summed E-state index contributed by atoms with van der Waals surface area (Å²) in [5, 5.41) is 0. The topological polar surface area (TPSA) is 52.6 Å². The molecule has 0 unspecified atom stereocenters. The number of rotatable bonds is 4. The van der Waals surface area contributed by atoms with Gasteiger partial charge in [0, 0.05) is 12.0 Å². The van der Waals surface area contributed by atoms with Crippen LogP contribution in [0.25, 0.3) is 0 Å². The zero-order chi connectivity index (χ0) is 19.7. The van der Waals surface area contributed by atoms with Crippen LogP contribution < -0.4 is 0 Å². The second-order valence-electron chi connectivity index (χ2n) is 8.78. The number of carbonyl (C=O) groups excluding carboxylic acids is 2. The van der Waals surface area contributed by atoms with E-state index in [4.69, 9.17) is 9.47 Å². The molecule has 4 atom stereocenters. The van der Waals surface area contributed by atoms with E-state index >= 15 is 0 Å². The molecule has 0 aromatic heterocycles. The van der Waals surface area contributed by atoms with Crippen LogP contribution in [0.15, 0.2) is 48.1 Å². The zero-order valence-corrected chi connectivity index (χ0v) is 16.7. The second-order valence-corrected chi connectivity index (χ2v) is 8.78. The van der Waals surface area contributed by atoms with Crippen molar-refractivity contribution in [2.75, 3.05) is 6.61 Å². The van der Waals surface area contributed by atoms with E-state index in [9.17, 15) is 9.59 Å².